The summed E-state index contributed by atoms with van der Waals surface area (Å²) in [6.45, 7) is 4.82. The molecular weight excluding hydrogens is 288 g/mol. The summed E-state index contributed by atoms with van der Waals surface area (Å²) in [6, 6.07) is 0. The molecule has 0 spiro atoms. The summed E-state index contributed by atoms with van der Waals surface area (Å²) in [5.74, 6) is 1.06. The first-order chi connectivity index (χ1) is 9.81. The maximum Gasteiger partial charge on any atom is 0.378 e. The molecule has 0 saturated carbocycles. The third-order valence-electron chi connectivity index (χ3n) is 3.13. The van der Waals surface area contributed by atoms with Gasteiger partial charge in [0.2, 0.25) is 0 Å². The van der Waals surface area contributed by atoms with Crippen LogP contribution in [0.4, 0.5) is 4.79 Å². The summed E-state index contributed by atoms with van der Waals surface area (Å²) in [6.07, 6.45) is 14.5. The summed E-state index contributed by atoms with van der Waals surface area (Å²) >= 11 is 0. The van der Waals surface area contributed by atoms with Crippen molar-refractivity contribution in [3.05, 3.63) is 0 Å². The first kappa shape index (κ1) is 20.2. The second kappa shape index (κ2) is 17.2. The van der Waals surface area contributed by atoms with Crippen molar-refractivity contribution < 1.29 is 9.53 Å². The van der Waals surface area contributed by atoms with Gasteiger partial charge >= 0.3 is 5.30 Å². The van der Waals surface area contributed by atoms with Gasteiger partial charge in [-0.25, -0.2) is 4.79 Å². The number of carbonyl (C=O) groups is 1. The Bertz CT molecular complexity index is 211. The van der Waals surface area contributed by atoms with Crippen LogP contribution in [0.3, 0.4) is 0 Å². The molecule has 0 atom stereocenters. The minimum Gasteiger partial charge on any atom is -0.457 e. The van der Waals surface area contributed by atoms with Crippen molar-refractivity contribution in [2.45, 2.75) is 84.5 Å². The molecule has 0 aromatic heterocycles. The molecular formula is C16H32O2S2. The van der Waals surface area contributed by atoms with Crippen molar-refractivity contribution in [2.75, 3.05) is 12.4 Å². The fourth-order valence-electron chi connectivity index (χ4n) is 1.95. The van der Waals surface area contributed by atoms with Gasteiger partial charge in [0.15, 0.2) is 0 Å². The zero-order chi connectivity index (χ0) is 14.9. The normalized spacial score (nSPS) is 10.7. The molecule has 120 valence electrons. The number of ether oxygens (including phenoxy) is 1. The maximum absolute atomic E-state index is 11.2. The average molecular weight is 321 g/mol. The van der Waals surface area contributed by atoms with Gasteiger partial charge in [-0.05, 0) is 12.8 Å². The average Bonchev–Trinajstić information content (AvgIpc) is 2.46. The molecule has 0 rings (SSSR count). The Balaban J connectivity index is 3.04. The topological polar surface area (TPSA) is 26.3 Å². The SMILES string of the molecule is CCCCCCCCCCCCSSC(=O)OCCC. The van der Waals surface area contributed by atoms with Crippen LogP contribution in [0.15, 0.2) is 0 Å². The number of unbranched alkanes of at least 4 members (excludes halogenated alkanes) is 9. The highest BCUT2D eigenvalue weighted by Crippen LogP contribution is 2.25. The smallest absolute Gasteiger partial charge is 0.378 e. The van der Waals surface area contributed by atoms with Crippen LogP contribution >= 0.6 is 21.6 Å². The molecule has 0 fully saturated rings. The predicted molar refractivity (Wildman–Crippen MR) is 93.5 cm³/mol. The standard InChI is InChI=1S/C16H32O2S2/c1-3-5-6-7-8-9-10-11-12-13-15-19-20-16(17)18-14-4-2/h3-15H2,1-2H3. The first-order valence-electron chi connectivity index (χ1n) is 8.27. The van der Waals surface area contributed by atoms with Crippen LogP contribution < -0.4 is 0 Å². The van der Waals surface area contributed by atoms with E-state index in [9.17, 15) is 4.79 Å². The molecule has 0 aromatic carbocycles. The Morgan fingerprint density at radius 2 is 1.35 bits per heavy atom. The van der Waals surface area contributed by atoms with Crippen molar-refractivity contribution >= 4 is 26.9 Å². The van der Waals surface area contributed by atoms with Gasteiger partial charge in [0, 0.05) is 16.5 Å². The fraction of sp³-hybridized carbons (Fsp3) is 0.938. The van der Waals surface area contributed by atoms with E-state index in [1.807, 2.05) is 6.92 Å². The molecule has 0 unspecified atom stereocenters. The highest BCUT2D eigenvalue weighted by atomic mass is 33.1. The molecule has 0 N–H and O–H groups in total. The molecule has 0 saturated heterocycles. The van der Waals surface area contributed by atoms with E-state index >= 15 is 0 Å². The van der Waals surface area contributed by atoms with E-state index in [4.69, 9.17) is 4.74 Å². The Labute approximate surface area is 133 Å². The zero-order valence-electron chi connectivity index (χ0n) is 13.3. The molecule has 0 heterocycles. The molecule has 0 aliphatic carbocycles. The van der Waals surface area contributed by atoms with Crippen molar-refractivity contribution in [1.29, 1.82) is 0 Å². The quantitative estimate of drug-likeness (QED) is 0.199. The highest BCUT2D eigenvalue weighted by Gasteiger charge is 2.02. The lowest BCUT2D eigenvalue weighted by Crippen LogP contribution is -1.96. The van der Waals surface area contributed by atoms with Crippen LogP contribution in [0.2, 0.25) is 0 Å². The van der Waals surface area contributed by atoms with Gasteiger partial charge in [-0.2, -0.15) is 0 Å². The van der Waals surface area contributed by atoms with Gasteiger partial charge in [0.1, 0.15) is 0 Å². The molecule has 0 aliphatic rings. The van der Waals surface area contributed by atoms with Gasteiger partial charge < -0.3 is 4.74 Å². The van der Waals surface area contributed by atoms with Crippen molar-refractivity contribution in [3.63, 3.8) is 0 Å². The van der Waals surface area contributed by atoms with E-state index in [1.165, 1.54) is 75.0 Å². The van der Waals surface area contributed by atoms with E-state index in [0.29, 0.717) is 6.61 Å². The maximum atomic E-state index is 11.2. The Morgan fingerprint density at radius 1 is 0.800 bits per heavy atom. The van der Waals surface area contributed by atoms with Crippen molar-refractivity contribution in [3.8, 4) is 0 Å². The molecule has 20 heavy (non-hydrogen) atoms. The number of hydrogen-bond acceptors (Lipinski definition) is 4. The zero-order valence-corrected chi connectivity index (χ0v) is 15.0. The van der Waals surface area contributed by atoms with Crippen LogP contribution in [0, 0.1) is 0 Å². The van der Waals surface area contributed by atoms with E-state index in [0.717, 1.165) is 12.2 Å². The van der Waals surface area contributed by atoms with E-state index in [2.05, 4.69) is 6.92 Å². The van der Waals surface area contributed by atoms with E-state index in [-0.39, 0.29) is 5.30 Å². The minimum atomic E-state index is -0.135. The van der Waals surface area contributed by atoms with Gasteiger partial charge in [0.25, 0.3) is 0 Å². The number of carbonyl (C=O) groups excluding carboxylic acids is 1. The van der Waals surface area contributed by atoms with Crippen molar-refractivity contribution in [2.24, 2.45) is 0 Å². The fourth-order valence-corrected chi connectivity index (χ4v) is 3.62. The molecule has 4 heteroatoms. The van der Waals surface area contributed by atoms with E-state index in [1.54, 1.807) is 10.8 Å². The van der Waals surface area contributed by atoms with Crippen LogP contribution in [-0.4, -0.2) is 17.7 Å². The summed E-state index contributed by atoms with van der Waals surface area (Å²) < 4.78 is 4.99. The molecule has 0 bridgehead atoms. The van der Waals surface area contributed by atoms with Gasteiger partial charge in [-0.15, -0.1) is 0 Å². The van der Waals surface area contributed by atoms with Crippen LogP contribution in [-0.2, 0) is 4.74 Å². The van der Waals surface area contributed by atoms with E-state index < -0.39 is 0 Å². The lowest BCUT2D eigenvalue weighted by atomic mass is 10.1. The minimum absolute atomic E-state index is 0.135. The monoisotopic (exact) mass is 320 g/mol. The highest BCUT2D eigenvalue weighted by molar-refractivity contribution is 8.82. The third-order valence-corrected chi connectivity index (χ3v) is 5.22. The molecule has 0 aliphatic heterocycles. The first-order valence-corrected chi connectivity index (χ1v) is 10.6. The Hall–Kier alpha value is 0.170. The second-order valence-electron chi connectivity index (χ2n) is 5.19. The Kier molecular flexibility index (Phi) is 17.4. The summed E-state index contributed by atoms with van der Waals surface area (Å²) in [7, 11) is 2.88. The number of hydrogen-bond donors (Lipinski definition) is 0. The predicted octanol–water partition coefficient (Wildman–Crippen LogP) is 6.84. The van der Waals surface area contributed by atoms with Crippen molar-refractivity contribution in [1.82, 2.24) is 0 Å². The summed E-state index contributed by atoms with van der Waals surface area (Å²) in [4.78, 5) is 11.2. The van der Waals surface area contributed by atoms with Gasteiger partial charge in [0.05, 0.1) is 6.61 Å². The molecule has 2 nitrogen and oxygen atoms in total. The molecule has 0 amide bonds. The Morgan fingerprint density at radius 3 is 1.90 bits per heavy atom. The van der Waals surface area contributed by atoms with Gasteiger partial charge in [-0.1, -0.05) is 82.4 Å². The molecule has 0 radical (unpaired) electrons. The summed E-state index contributed by atoms with van der Waals surface area (Å²) in [5.41, 5.74) is 0. The largest absolute Gasteiger partial charge is 0.457 e. The lowest BCUT2D eigenvalue weighted by Gasteiger charge is -2.03. The van der Waals surface area contributed by atoms with Gasteiger partial charge in [-0.3, -0.25) is 0 Å². The lowest BCUT2D eigenvalue weighted by molar-refractivity contribution is 0.175. The summed E-state index contributed by atoms with van der Waals surface area (Å²) in [5, 5.41) is -0.135. The number of rotatable bonds is 14. The second-order valence-corrected chi connectivity index (χ2v) is 7.54. The molecule has 0 aromatic rings. The van der Waals surface area contributed by atoms with Crippen LogP contribution in [0.5, 0.6) is 0 Å². The third kappa shape index (κ3) is 16.2. The van der Waals surface area contributed by atoms with Crippen LogP contribution in [0.25, 0.3) is 0 Å². The van der Waals surface area contributed by atoms with Crippen LogP contribution in [0.1, 0.15) is 84.5 Å².